The van der Waals surface area contributed by atoms with Crippen LogP contribution in [0.25, 0.3) is 0 Å². The van der Waals surface area contributed by atoms with Crippen molar-refractivity contribution in [2.75, 3.05) is 20.3 Å². The van der Waals surface area contributed by atoms with Crippen LogP contribution in [0.2, 0.25) is 0 Å². The third-order valence-corrected chi connectivity index (χ3v) is 3.01. The van der Waals surface area contributed by atoms with Crippen molar-refractivity contribution in [2.45, 2.75) is 6.61 Å². The van der Waals surface area contributed by atoms with Gasteiger partial charge in [0, 0.05) is 7.11 Å². The highest BCUT2D eigenvalue weighted by Crippen LogP contribution is 2.24. The fourth-order valence-corrected chi connectivity index (χ4v) is 1.89. The van der Waals surface area contributed by atoms with Crippen LogP contribution in [0, 0.1) is 0 Å². The molecule has 0 spiro atoms. The van der Waals surface area contributed by atoms with Crippen LogP contribution in [0.4, 0.5) is 0 Å². The van der Waals surface area contributed by atoms with Crippen molar-refractivity contribution in [1.82, 2.24) is 0 Å². The van der Waals surface area contributed by atoms with E-state index in [1.165, 1.54) is 0 Å². The Morgan fingerprint density at radius 3 is 2.50 bits per heavy atom. The molecule has 2 aromatic carbocycles. The van der Waals surface area contributed by atoms with Gasteiger partial charge in [0.15, 0.2) is 0 Å². The average Bonchev–Trinajstić information content (AvgIpc) is 2.54. The van der Waals surface area contributed by atoms with Gasteiger partial charge in [-0.25, -0.2) is 0 Å². The number of primary amides is 1. The Balaban J connectivity index is 2.06. The molecule has 0 aliphatic heterocycles. The van der Waals surface area contributed by atoms with E-state index in [-0.39, 0.29) is 0 Å². The molecule has 0 aliphatic carbocycles. The molecule has 0 saturated heterocycles. The third-order valence-electron chi connectivity index (χ3n) is 3.01. The Hall–Kier alpha value is -2.53. The van der Waals surface area contributed by atoms with Crippen LogP contribution in [0.1, 0.15) is 15.9 Å². The van der Waals surface area contributed by atoms with Crippen molar-refractivity contribution >= 4 is 5.91 Å². The van der Waals surface area contributed by atoms with E-state index < -0.39 is 5.91 Å². The van der Waals surface area contributed by atoms with E-state index in [1.807, 2.05) is 30.3 Å². The summed E-state index contributed by atoms with van der Waals surface area (Å²) in [5.41, 5.74) is 6.73. The highest BCUT2D eigenvalue weighted by atomic mass is 16.5. The van der Waals surface area contributed by atoms with Gasteiger partial charge >= 0.3 is 0 Å². The fraction of sp³-hybridized carbons (Fsp3) is 0.235. The van der Waals surface area contributed by atoms with Crippen LogP contribution >= 0.6 is 0 Å². The smallest absolute Gasteiger partial charge is 0.252 e. The van der Waals surface area contributed by atoms with Crippen molar-refractivity contribution in [3.8, 4) is 11.5 Å². The van der Waals surface area contributed by atoms with E-state index in [0.717, 1.165) is 5.56 Å². The molecule has 116 valence electrons. The van der Waals surface area contributed by atoms with E-state index in [1.54, 1.807) is 25.3 Å². The van der Waals surface area contributed by atoms with E-state index in [2.05, 4.69) is 0 Å². The minimum absolute atomic E-state index is 0.293. The molecule has 5 heteroatoms. The first-order valence-corrected chi connectivity index (χ1v) is 6.93. The summed E-state index contributed by atoms with van der Waals surface area (Å²) in [6.45, 7) is 1.20. The first-order chi connectivity index (χ1) is 10.7. The van der Waals surface area contributed by atoms with Gasteiger partial charge in [0.1, 0.15) is 24.7 Å². The van der Waals surface area contributed by atoms with Crippen LogP contribution < -0.4 is 15.2 Å². The molecule has 0 unspecified atom stereocenters. The molecular weight excluding hydrogens is 282 g/mol. The second-order valence-corrected chi connectivity index (χ2v) is 4.64. The summed E-state index contributed by atoms with van der Waals surface area (Å²) in [6, 6.07) is 14.8. The molecule has 0 atom stereocenters. The monoisotopic (exact) mass is 301 g/mol. The lowest BCUT2D eigenvalue weighted by molar-refractivity contribution is 0.0991. The average molecular weight is 301 g/mol. The molecule has 0 heterocycles. The summed E-state index contributed by atoms with van der Waals surface area (Å²) < 4.78 is 16.1. The molecule has 2 rings (SSSR count). The van der Waals surface area contributed by atoms with Crippen molar-refractivity contribution in [1.29, 1.82) is 0 Å². The predicted molar refractivity (Wildman–Crippen MR) is 83.1 cm³/mol. The number of amides is 1. The lowest BCUT2D eigenvalue weighted by atomic mass is 10.2. The van der Waals surface area contributed by atoms with Gasteiger partial charge in [0.05, 0.1) is 12.2 Å². The maximum Gasteiger partial charge on any atom is 0.252 e. The van der Waals surface area contributed by atoms with Gasteiger partial charge in [0.25, 0.3) is 5.91 Å². The molecule has 0 aromatic heterocycles. The number of methoxy groups -OCH3 is 1. The zero-order chi connectivity index (χ0) is 15.8. The van der Waals surface area contributed by atoms with Crippen LogP contribution in [-0.2, 0) is 11.3 Å². The molecule has 0 bridgehead atoms. The van der Waals surface area contributed by atoms with E-state index in [9.17, 15) is 4.79 Å². The normalized spacial score (nSPS) is 10.2. The molecule has 0 radical (unpaired) electrons. The largest absolute Gasteiger partial charge is 0.490 e. The maximum atomic E-state index is 11.5. The highest BCUT2D eigenvalue weighted by Gasteiger charge is 2.11. The zero-order valence-corrected chi connectivity index (χ0v) is 12.5. The van der Waals surface area contributed by atoms with Crippen molar-refractivity contribution < 1.29 is 19.0 Å². The van der Waals surface area contributed by atoms with Gasteiger partial charge in [0.2, 0.25) is 0 Å². The van der Waals surface area contributed by atoms with Gasteiger partial charge in [-0.1, -0.05) is 30.3 Å². The van der Waals surface area contributed by atoms with Gasteiger partial charge in [-0.3, -0.25) is 4.79 Å². The van der Waals surface area contributed by atoms with Crippen molar-refractivity contribution in [2.24, 2.45) is 5.73 Å². The first-order valence-electron chi connectivity index (χ1n) is 6.93. The zero-order valence-electron chi connectivity index (χ0n) is 12.5. The predicted octanol–water partition coefficient (Wildman–Crippen LogP) is 2.39. The third kappa shape index (κ3) is 4.49. The Bertz CT molecular complexity index is 613. The van der Waals surface area contributed by atoms with Gasteiger partial charge in [-0.05, 0) is 23.8 Å². The fourth-order valence-electron chi connectivity index (χ4n) is 1.89. The van der Waals surface area contributed by atoms with Crippen LogP contribution in [0.3, 0.4) is 0 Å². The van der Waals surface area contributed by atoms with Gasteiger partial charge in [-0.15, -0.1) is 0 Å². The maximum absolute atomic E-state index is 11.5. The van der Waals surface area contributed by atoms with Crippen LogP contribution in [-0.4, -0.2) is 26.2 Å². The molecule has 5 nitrogen and oxygen atoms in total. The molecule has 2 N–H and O–H groups in total. The van der Waals surface area contributed by atoms with Crippen molar-refractivity contribution in [3.05, 3.63) is 59.7 Å². The number of carbonyl (C=O) groups excluding carboxylic acids is 1. The molecule has 0 aliphatic rings. The van der Waals surface area contributed by atoms with Crippen molar-refractivity contribution in [3.63, 3.8) is 0 Å². The first kappa shape index (κ1) is 15.9. The standard InChI is InChI=1S/C17H19NO4/c1-20-9-10-21-16-8-7-14(11-15(16)17(18)19)22-12-13-5-3-2-4-6-13/h2-8,11H,9-10,12H2,1H3,(H2,18,19). The number of carbonyl (C=O) groups is 1. The highest BCUT2D eigenvalue weighted by molar-refractivity contribution is 5.96. The summed E-state index contributed by atoms with van der Waals surface area (Å²) in [6.07, 6.45) is 0. The Morgan fingerprint density at radius 1 is 1.05 bits per heavy atom. The molecule has 2 aromatic rings. The Morgan fingerprint density at radius 2 is 1.82 bits per heavy atom. The molecule has 1 amide bonds. The van der Waals surface area contributed by atoms with E-state index >= 15 is 0 Å². The number of nitrogens with two attached hydrogens (primary N) is 1. The molecular formula is C17H19NO4. The summed E-state index contributed by atoms with van der Waals surface area (Å²) >= 11 is 0. The van der Waals surface area contributed by atoms with E-state index in [4.69, 9.17) is 19.9 Å². The van der Waals surface area contributed by atoms with Crippen LogP contribution in [0.5, 0.6) is 11.5 Å². The molecule has 0 fully saturated rings. The van der Waals surface area contributed by atoms with Gasteiger partial charge < -0.3 is 19.9 Å². The second kappa shape index (κ2) is 8.05. The number of benzene rings is 2. The Kier molecular flexibility index (Phi) is 5.80. The van der Waals surface area contributed by atoms with Crippen LogP contribution in [0.15, 0.2) is 48.5 Å². The topological polar surface area (TPSA) is 70.8 Å². The number of hydrogen-bond acceptors (Lipinski definition) is 4. The lowest BCUT2D eigenvalue weighted by Crippen LogP contribution is -2.14. The number of hydrogen-bond donors (Lipinski definition) is 1. The van der Waals surface area contributed by atoms with Gasteiger partial charge in [-0.2, -0.15) is 0 Å². The van der Waals surface area contributed by atoms with E-state index in [0.29, 0.717) is 36.9 Å². The number of rotatable bonds is 8. The summed E-state index contributed by atoms with van der Waals surface area (Å²) in [5.74, 6) is 0.436. The quantitative estimate of drug-likeness (QED) is 0.760. The SMILES string of the molecule is COCCOc1ccc(OCc2ccccc2)cc1C(N)=O. The Labute approximate surface area is 129 Å². The minimum atomic E-state index is -0.558. The number of ether oxygens (including phenoxy) is 3. The molecule has 22 heavy (non-hydrogen) atoms. The molecule has 0 saturated carbocycles. The summed E-state index contributed by atoms with van der Waals surface area (Å²) in [4.78, 5) is 11.5. The summed E-state index contributed by atoms with van der Waals surface area (Å²) in [5, 5.41) is 0. The minimum Gasteiger partial charge on any atom is -0.490 e. The summed E-state index contributed by atoms with van der Waals surface area (Å²) in [7, 11) is 1.58. The lowest BCUT2D eigenvalue weighted by Gasteiger charge is -2.12. The second-order valence-electron chi connectivity index (χ2n) is 4.64.